The zero-order valence-electron chi connectivity index (χ0n) is 7.79. The second kappa shape index (κ2) is 3.29. The van der Waals surface area contributed by atoms with Gasteiger partial charge in [0.05, 0.1) is 0 Å². The molecule has 0 bridgehead atoms. The summed E-state index contributed by atoms with van der Waals surface area (Å²) in [5.41, 5.74) is -1.86. The van der Waals surface area contributed by atoms with E-state index in [2.05, 4.69) is 5.32 Å². The van der Waals surface area contributed by atoms with Gasteiger partial charge in [-0.05, 0) is 33.2 Å². The molecule has 0 spiro atoms. The number of nitrogens with one attached hydrogen (secondary N) is 1. The number of hydrogen-bond acceptors (Lipinski definition) is 1. The average Bonchev–Trinajstić information content (AvgIpc) is 2.09. The molecule has 1 saturated heterocycles. The zero-order chi connectivity index (χ0) is 9.24. The van der Waals surface area contributed by atoms with Crippen molar-refractivity contribution in [2.45, 2.75) is 44.3 Å². The van der Waals surface area contributed by atoms with E-state index in [0.717, 1.165) is 13.0 Å². The van der Waals surface area contributed by atoms with E-state index >= 15 is 0 Å². The molecular formula is C9H17F2N. The second-order valence-electron chi connectivity index (χ2n) is 4.38. The van der Waals surface area contributed by atoms with Crippen LogP contribution >= 0.6 is 0 Å². The molecule has 0 saturated carbocycles. The summed E-state index contributed by atoms with van der Waals surface area (Å²) in [7, 11) is 0. The molecule has 0 aromatic rings. The zero-order valence-corrected chi connectivity index (χ0v) is 7.79. The molecule has 0 aromatic heterocycles. The van der Waals surface area contributed by atoms with Crippen LogP contribution in [0.25, 0.3) is 0 Å². The summed E-state index contributed by atoms with van der Waals surface area (Å²) in [5.74, 6) is 0. The minimum Gasteiger partial charge on any atom is -0.312 e. The lowest BCUT2D eigenvalue weighted by Crippen LogP contribution is -2.43. The van der Waals surface area contributed by atoms with Crippen LogP contribution < -0.4 is 5.32 Å². The maximum absolute atomic E-state index is 13.6. The van der Waals surface area contributed by atoms with Gasteiger partial charge in [-0.2, -0.15) is 0 Å². The maximum atomic E-state index is 13.6. The molecule has 1 aliphatic rings. The summed E-state index contributed by atoms with van der Waals surface area (Å²) in [6.07, 6.45) is 1.35. The quantitative estimate of drug-likeness (QED) is 0.647. The topological polar surface area (TPSA) is 12.0 Å². The van der Waals surface area contributed by atoms with Gasteiger partial charge in [0.1, 0.15) is 12.3 Å². The van der Waals surface area contributed by atoms with Crippen LogP contribution in [0.15, 0.2) is 0 Å². The Kier molecular flexibility index (Phi) is 2.71. The van der Waals surface area contributed by atoms with Crippen molar-refractivity contribution in [1.29, 1.82) is 0 Å². The van der Waals surface area contributed by atoms with Gasteiger partial charge in [-0.15, -0.1) is 0 Å². The third-order valence-electron chi connectivity index (χ3n) is 2.40. The van der Waals surface area contributed by atoms with Crippen LogP contribution in [0.5, 0.6) is 0 Å². The van der Waals surface area contributed by atoms with Crippen LogP contribution in [0.1, 0.15) is 33.1 Å². The standard InChI is InChI=1S/C9H17F2N/c1-8(2)6-9(11,7-10)4-3-5-12-8/h12H,3-7H2,1-2H3. The Morgan fingerprint density at radius 3 is 2.67 bits per heavy atom. The van der Waals surface area contributed by atoms with Crippen molar-refractivity contribution in [3.05, 3.63) is 0 Å². The Morgan fingerprint density at radius 2 is 2.08 bits per heavy atom. The second-order valence-corrected chi connectivity index (χ2v) is 4.38. The van der Waals surface area contributed by atoms with Crippen molar-refractivity contribution in [2.75, 3.05) is 13.2 Å². The summed E-state index contributed by atoms with van der Waals surface area (Å²) in [6.45, 7) is 3.78. The van der Waals surface area contributed by atoms with Gasteiger partial charge in [0.15, 0.2) is 0 Å². The summed E-state index contributed by atoms with van der Waals surface area (Å²) in [6, 6.07) is 0. The molecule has 1 nitrogen and oxygen atoms in total. The number of halogens is 2. The summed E-state index contributed by atoms with van der Waals surface area (Å²) in [4.78, 5) is 0. The van der Waals surface area contributed by atoms with Gasteiger partial charge in [-0.25, -0.2) is 8.78 Å². The van der Waals surface area contributed by atoms with E-state index in [1.165, 1.54) is 0 Å². The Balaban J connectivity index is 2.66. The van der Waals surface area contributed by atoms with Crippen LogP contribution in [-0.4, -0.2) is 24.4 Å². The lowest BCUT2D eigenvalue weighted by atomic mass is 9.88. The van der Waals surface area contributed by atoms with Crippen molar-refractivity contribution in [3.8, 4) is 0 Å². The lowest BCUT2D eigenvalue weighted by Gasteiger charge is -2.29. The van der Waals surface area contributed by atoms with E-state index in [0.29, 0.717) is 6.42 Å². The highest BCUT2D eigenvalue weighted by Crippen LogP contribution is 2.31. The summed E-state index contributed by atoms with van der Waals surface area (Å²) < 4.78 is 26.0. The van der Waals surface area contributed by atoms with E-state index in [9.17, 15) is 8.78 Å². The highest BCUT2D eigenvalue weighted by molar-refractivity contribution is 4.93. The van der Waals surface area contributed by atoms with E-state index in [1.807, 2.05) is 13.8 Å². The Labute approximate surface area is 72.5 Å². The first-order chi connectivity index (χ1) is 5.47. The van der Waals surface area contributed by atoms with E-state index in [1.54, 1.807) is 0 Å². The van der Waals surface area contributed by atoms with Crippen LogP contribution in [0.2, 0.25) is 0 Å². The van der Waals surface area contributed by atoms with Gasteiger partial charge in [-0.1, -0.05) is 0 Å². The molecule has 1 atom stereocenters. The number of hydrogen-bond donors (Lipinski definition) is 1. The fourth-order valence-corrected chi connectivity index (χ4v) is 1.89. The van der Waals surface area contributed by atoms with Crippen molar-refractivity contribution in [1.82, 2.24) is 5.32 Å². The summed E-state index contributed by atoms with van der Waals surface area (Å²) >= 11 is 0. The fraction of sp³-hybridized carbons (Fsp3) is 1.00. The Hall–Kier alpha value is -0.180. The molecule has 0 aromatic carbocycles. The minimum atomic E-state index is -1.59. The molecule has 1 heterocycles. The normalized spacial score (nSPS) is 36.0. The molecule has 72 valence electrons. The Bertz CT molecular complexity index is 159. The molecule has 1 aliphatic heterocycles. The highest BCUT2D eigenvalue weighted by atomic mass is 19.2. The van der Waals surface area contributed by atoms with E-state index in [-0.39, 0.29) is 12.0 Å². The van der Waals surface area contributed by atoms with Gasteiger partial charge >= 0.3 is 0 Å². The van der Waals surface area contributed by atoms with Gasteiger partial charge in [-0.3, -0.25) is 0 Å². The van der Waals surface area contributed by atoms with E-state index in [4.69, 9.17) is 0 Å². The minimum absolute atomic E-state index is 0.267. The molecule has 1 rings (SSSR count). The molecule has 0 aliphatic carbocycles. The first-order valence-corrected chi connectivity index (χ1v) is 4.47. The van der Waals surface area contributed by atoms with Crippen molar-refractivity contribution in [2.24, 2.45) is 0 Å². The molecular weight excluding hydrogens is 160 g/mol. The predicted molar refractivity (Wildman–Crippen MR) is 45.7 cm³/mol. The van der Waals surface area contributed by atoms with Gasteiger partial charge in [0.25, 0.3) is 0 Å². The van der Waals surface area contributed by atoms with Crippen molar-refractivity contribution in [3.63, 3.8) is 0 Å². The smallest absolute Gasteiger partial charge is 0.141 e. The third-order valence-corrected chi connectivity index (χ3v) is 2.40. The summed E-state index contributed by atoms with van der Waals surface area (Å²) in [5, 5.41) is 3.20. The average molecular weight is 177 g/mol. The Morgan fingerprint density at radius 1 is 1.42 bits per heavy atom. The first kappa shape index (κ1) is 9.90. The molecule has 1 fully saturated rings. The van der Waals surface area contributed by atoms with Crippen molar-refractivity contribution >= 4 is 0 Å². The largest absolute Gasteiger partial charge is 0.312 e. The number of alkyl halides is 2. The molecule has 0 radical (unpaired) electrons. The van der Waals surface area contributed by atoms with Crippen LogP contribution in [-0.2, 0) is 0 Å². The predicted octanol–water partition coefficient (Wildman–Crippen LogP) is 2.22. The molecule has 12 heavy (non-hydrogen) atoms. The monoisotopic (exact) mass is 177 g/mol. The SMILES string of the molecule is CC1(C)CC(F)(CF)CCCN1. The highest BCUT2D eigenvalue weighted by Gasteiger charge is 2.38. The van der Waals surface area contributed by atoms with Crippen LogP contribution in [0.3, 0.4) is 0 Å². The molecule has 1 N–H and O–H groups in total. The van der Waals surface area contributed by atoms with Crippen molar-refractivity contribution < 1.29 is 8.78 Å². The van der Waals surface area contributed by atoms with Crippen LogP contribution in [0.4, 0.5) is 8.78 Å². The maximum Gasteiger partial charge on any atom is 0.141 e. The van der Waals surface area contributed by atoms with Gasteiger partial charge in [0, 0.05) is 12.0 Å². The number of rotatable bonds is 1. The fourth-order valence-electron chi connectivity index (χ4n) is 1.89. The lowest BCUT2D eigenvalue weighted by molar-refractivity contribution is 0.0807. The van der Waals surface area contributed by atoms with Crippen LogP contribution in [0, 0.1) is 0 Å². The first-order valence-electron chi connectivity index (χ1n) is 4.47. The van der Waals surface area contributed by atoms with E-state index < -0.39 is 12.3 Å². The third kappa shape index (κ3) is 2.41. The molecule has 1 unspecified atom stereocenters. The molecule has 0 amide bonds. The van der Waals surface area contributed by atoms with Gasteiger partial charge in [0.2, 0.25) is 0 Å². The van der Waals surface area contributed by atoms with Gasteiger partial charge < -0.3 is 5.32 Å². The molecule has 3 heteroatoms.